The first-order chi connectivity index (χ1) is 11.1. The molecule has 5 heteroatoms. The fraction of sp³-hybridized carbons (Fsp3) is 0.111. The van der Waals surface area contributed by atoms with Crippen molar-refractivity contribution >= 4 is 39.1 Å². The van der Waals surface area contributed by atoms with Crippen LogP contribution in [0.25, 0.3) is 0 Å². The summed E-state index contributed by atoms with van der Waals surface area (Å²) in [6.45, 7) is 1.97. The predicted molar refractivity (Wildman–Crippen MR) is 98.7 cm³/mol. The molecule has 0 amide bonds. The fourth-order valence-electron chi connectivity index (χ4n) is 2.23. The zero-order valence-corrected chi connectivity index (χ0v) is 14.6. The molecule has 0 saturated carbocycles. The van der Waals surface area contributed by atoms with Gasteiger partial charge in [-0.2, -0.15) is 4.98 Å². The third kappa shape index (κ3) is 3.68. The van der Waals surface area contributed by atoms with Crippen LogP contribution in [0.2, 0.25) is 0 Å². The lowest BCUT2D eigenvalue weighted by Crippen LogP contribution is -2.14. The number of rotatable bonds is 4. The molecule has 2 aromatic carbocycles. The van der Waals surface area contributed by atoms with Crippen LogP contribution in [0.4, 0.5) is 23.1 Å². The van der Waals surface area contributed by atoms with E-state index in [1.165, 1.54) is 0 Å². The van der Waals surface area contributed by atoms with Crippen molar-refractivity contribution in [3.63, 3.8) is 0 Å². The fourth-order valence-corrected chi connectivity index (χ4v) is 2.62. The average Bonchev–Trinajstić information content (AvgIpc) is 2.56. The lowest BCUT2D eigenvalue weighted by molar-refractivity contribution is 1.02. The molecule has 0 atom stereocenters. The van der Waals surface area contributed by atoms with Gasteiger partial charge in [-0.15, -0.1) is 0 Å². The van der Waals surface area contributed by atoms with Gasteiger partial charge in [0.15, 0.2) is 0 Å². The van der Waals surface area contributed by atoms with Crippen LogP contribution in [0.1, 0.15) is 5.69 Å². The highest BCUT2D eigenvalue weighted by atomic mass is 79.9. The third-order valence-corrected chi connectivity index (χ3v) is 4.11. The Morgan fingerprint density at radius 3 is 2.39 bits per heavy atom. The number of halogens is 1. The van der Waals surface area contributed by atoms with Crippen LogP contribution >= 0.6 is 15.9 Å². The maximum absolute atomic E-state index is 4.63. The van der Waals surface area contributed by atoms with Gasteiger partial charge in [0, 0.05) is 29.0 Å². The summed E-state index contributed by atoms with van der Waals surface area (Å²) >= 11 is 3.54. The van der Waals surface area contributed by atoms with Crippen LogP contribution in [0.5, 0.6) is 0 Å². The molecule has 0 aliphatic rings. The molecule has 4 nitrogen and oxygen atoms in total. The monoisotopic (exact) mass is 368 g/mol. The largest absolute Gasteiger partial charge is 0.339 e. The summed E-state index contributed by atoms with van der Waals surface area (Å²) in [6, 6.07) is 20.0. The Bertz CT molecular complexity index is 805. The second-order valence-corrected chi connectivity index (χ2v) is 6.05. The Labute approximate surface area is 144 Å². The summed E-state index contributed by atoms with van der Waals surface area (Å²) < 4.78 is 0.995. The molecule has 1 aromatic heterocycles. The lowest BCUT2D eigenvalue weighted by atomic mass is 10.3. The molecule has 1 heterocycles. The molecule has 0 bridgehead atoms. The van der Waals surface area contributed by atoms with Gasteiger partial charge in [-0.05, 0) is 47.1 Å². The number of hydrogen-bond acceptors (Lipinski definition) is 4. The maximum Gasteiger partial charge on any atom is 0.231 e. The summed E-state index contributed by atoms with van der Waals surface area (Å²) in [5.74, 6) is 1.42. The van der Waals surface area contributed by atoms with E-state index >= 15 is 0 Å². The van der Waals surface area contributed by atoms with Crippen LogP contribution in [-0.2, 0) is 0 Å². The first-order valence-corrected chi connectivity index (χ1v) is 8.09. The average molecular weight is 369 g/mol. The van der Waals surface area contributed by atoms with Crippen LogP contribution < -0.4 is 10.2 Å². The van der Waals surface area contributed by atoms with Gasteiger partial charge < -0.3 is 10.2 Å². The van der Waals surface area contributed by atoms with E-state index in [4.69, 9.17) is 0 Å². The van der Waals surface area contributed by atoms with Gasteiger partial charge in [-0.3, -0.25) is 0 Å². The predicted octanol–water partition coefficient (Wildman–Crippen LogP) is 5.06. The maximum atomic E-state index is 4.63. The molecular weight excluding hydrogens is 352 g/mol. The Morgan fingerprint density at radius 2 is 1.65 bits per heavy atom. The molecule has 3 rings (SSSR count). The molecule has 23 heavy (non-hydrogen) atoms. The zero-order chi connectivity index (χ0) is 16.2. The summed E-state index contributed by atoms with van der Waals surface area (Å²) in [6.07, 6.45) is 0. The first kappa shape index (κ1) is 15.5. The molecule has 0 aliphatic carbocycles. The van der Waals surface area contributed by atoms with Crippen molar-refractivity contribution in [3.8, 4) is 0 Å². The lowest BCUT2D eigenvalue weighted by Gasteiger charge is -2.18. The standard InChI is InChI=1S/C18H17BrN4/c1-13-12-17(21-16-11-7-6-10-15(16)19)22-18(20-13)23(2)14-8-4-3-5-9-14/h3-12H,1-2H3,(H,20,21,22). The van der Waals surface area contributed by atoms with Crippen LogP contribution in [0.15, 0.2) is 65.1 Å². The normalized spacial score (nSPS) is 10.4. The van der Waals surface area contributed by atoms with Gasteiger partial charge >= 0.3 is 0 Å². The third-order valence-electron chi connectivity index (χ3n) is 3.42. The number of aryl methyl sites for hydroxylation is 1. The van der Waals surface area contributed by atoms with Crippen molar-refractivity contribution in [1.82, 2.24) is 9.97 Å². The van der Waals surface area contributed by atoms with Crippen molar-refractivity contribution in [2.75, 3.05) is 17.3 Å². The minimum absolute atomic E-state index is 0.658. The second kappa shape index (κ2) is 6.79. The van der Waals surface area contributed by atoms with E-state index < -0.39 is 0 Å². The van der Waals surface area contributed by atoms with Gasteiger partial charge in [-0.1, -0.05) is 30.3 Å². The molecule has 1 N–H and O–H groups in total. The van der Waals surface area contributed by atoms with Crippen LogP contribution in [-0.4, -0.2) is 17.0 Å². The number of aromatic nitrogens is 2. The highest BCUT2D eigenvalue weighted by Gasteiger charge is 2.10. The zero-order valence-electron chi connectivity index (χ0n) is 13.0. The minimum Gasteiger partial charge on any atom is -0.339 e. The molecule has 0 saturated heterocycles. The summed E-state index contributed by atoms with van der Waals surface area (Å²) in [5, 5.41) is 3.34. The number of nitrogens with one attached hydrogen (secondary N) is 1. The minimum atomic E-state index is 0.658. The Balaban J connectivity index is 1.92. The topological polar surface area (TPSA) is 41.1 Å². The van der Waals surface area contributed by atoms with E-state index in [0.29, 0.717) is 5.95 Å². The van der Waals surface area contributed by atoms with Crippen LogP contribution in [0, 0.1) is 6.92 Å². The van der Waals surface area contributed by atoms with Crippen LogP contribution in [0.3, 0.4) is 0 Å². The van der Waals surface area contributed by atoms with Gasteiger partial charge in [0.05, 0.1) is 5.69 Å². The number of anilines is 4. The van der Waals surface area contributed by atoms with Gasteiger partial charge in [-0.25, -0.2) is 4.98 Å². The molecule has 116 valence electrons. The van der Waals surface area contributed by atoms with E-state index in [1.54, 1.807) is 0 Å². The molecule has 0 radical (unpaired) electrons. The first-order valence-electron chi connectivity index (χ1n) is 7.29. The summed E-state index contributed by atoms with van der Waals surface area (Å²) in [4.78, 5) is 11.1. The van der Waals surface area contributed by atoms with Crippen molar-refractivity contribution in [2.24, 2.45) is 0 Å². The quantitative estimate of drug-likeness (QED) is 0.698. The van der Waals surface area contributed by atoms with Crippen molar-refractivity contribution in [3.05, 3.63) is 70.8 Å². The molecular formula is C18H17BrN4. The van der Waals surface area contributed by atoms with Gasteiger partial charge in [0.25, 0.3) is 0 Å². The Kier molecular flexibility index (Phi) is 4.57. The molecule has 0 unspecified atom stereocenters. The van der Waals surface area contributed by atoms with Crippen molar-refractivity contribution in [1.29, 1.82) is 0 Å². The number of para-hydroxylation sites is 2. The number of benzene rings is 2. The Hall–Kier alpha value is -2.40. The van der Waals surface area contributed by atoms with Gasteiger partial charge in [0.2, 0.25) is 5.95 Å². The van der Waals surface area contributed by atoms with E-state index in [-0.39, 0.29) is 0 Å². The van der Waals surface area contributed by atoms with E-state index in [9.17, 15) is 0 Å². The second-order valence-electron chi connectivity index (χ2n) is 5.19. The van der Waals surface area contributed by atoms with Gasteiger partial charge in [0.1, 0.15) is 5.82 Å². The van der Waals surface area contributed by atoms with Crippen molar-refractivity contribution in [2.45, 2.75) is 6.92 Å². The van der Waals surface area contributed by atoms with E-state index in [1.807, 2.05) is 79.5 Å². The molecule has 3 aromatic rings. The van der Waals surface area contributed by atoms with E-state index in [2.05, 4.69) is 31.2 Å². The highest BCUT2D eigenvalue weighted by Crippen LogP contribution is 2.26. The SMILES string of the molecule is Cc1cc(Nc2ccccc2Br)nc(N(C)c2ccccc2)n1. The number of hydrogen-bond donors (Lipinski definition) is 1. The highest BCUT2D eigenvalue weighted by molar-refractivity contribution is 9.10. The Morgan fingerprint density at radius 1 is 0.957 bits per heavy atom. The smallest absolute Gasteiger partial charge is 0.231 e. The molecule has 0 fully saturated rings. The number of nitrogens with zero attached hydrogens (tertiary/aromatic N) is 3. The summed E-state index contributed by atoms with van der Waals surface area (Å²) in [7, 11) is 1.96. The molecule has 0 aliphatic heterocycles. The molecule has 0 spiro atoms. The van der Waals surface area contributed by atoms with E-state index in [0.717, 1.165) is 27.4 Å². The van der Waals surface area contributed by atoms with Crippen molar-refractivity contribution < 1.29 is 0 Å². The summed E-state index contributed by atoms with van der Waals surface area (Å²) in [5.41, 5.74) is 2.93.